The minimum Gasteiger partial charge on any atom is -0.383 e. The van der Waals surface area contributed by atoms with Gasteiger partial charge in [0.05, 0.1) is 13.2 Å². The summed E-state index contributed by atoms with van der Waals surface area (Å²) in [7, 11) is 1.66. The van der Waals surface area contributed by atoms with Gasteiger partial charge in [-0.15, -0.1) is 24.0 Å². The SMILES string of the molecule is COCC(C)NC(N)=NCc1ccsc1.I. The van der Waals surface area contributed by atoms with E-state index < -0.39 is 0 Å². The second-order valence-electron chi connectivity index (χ2n) is 3.33. The lowest BCUT2D eigenvalue weighted by Gasteiger charge is -2.12. The van der Waals surface area contributed by atoms with Crippen molar-refractivity contribution in [2.75, 3.05) is 13.7 Å². The second-order valence-corrected chi connectivity index (χ2v) is 4.11. The Bertz CT molecular complexity index is 303. The molecule has 0 aliphatic carbocycles. The van der Waals surface area contributed by atoms with E-state index in [1.165, 1.54) is 5.56 Å². The number of nitrogens with one attached hydrogen (secondary N) is 1. The van der Waals surface area contributed by atoms with Crippen molar-refractivity contribution in [3.8, 4) is 0 Å². The van der Waals surface area contributed by atoms with Crippen molar-refractivity contribution in [1.82, 2.24) is 5.32 Å². The zero-order valence-electron chi connectivity index (χ0n) is 9.47. The van der Waals surface area contributed by atoms with Crippen molar-refractivity contribution in [2.24, 2.45) is 10.7 Å². The number of rotatable bonds is 5. The van der Waals surface area contributed by atoms with Crippen LogP contribution < -0.4 is 11.1 Å². The van der Waals surface area contributed by atoms with Crippen molar-refractivity contribution in [3.63, 3.8) is 0 Å². The van der Waals surface area contributed by atoms with Crippen LogP contribution in [0.2, 0.25) is 0 Å². The average Bonchev–Trinajstić information content (AvgIpc) is 2.67. The molecule has 4 nitrogen and oxygen atoms in total. The van der Waals surface area contributed by atoms with Crippen LogP contribution in [0.5, 0.6) is 0 Å². The van der Waals surface area contributed by atoms with Crippen molar-refractivity contribution >= 4 is 41.3 Å². The largest absolute Gasteiger partial charge is 0.383 e. The van der Waals surface area contributed by atoms with Gasteiger partial charge in [0.1, 0.15) is 0 Å². The average molecular weight is 355 g/mol. The molecule has 1 aromatic heterocycles. The quantitative estimate of drug-likeness (QED) is 0.481. The molecule has 1 unspecified atom stereocenters. The first-order valence-electron chi connectivity index (χ1n) is 4.79. The molecule has 1 atom stereocenters. The van der Waals surface area contributed by atoms with Gasteiger partial charge in [-0.2, -0.15) is 11.3 Å². The lowest BCUT2D eigenvalue weighted by atomic mass is 10.3. The van der Waals surface area contributed by atoms with Crippen molar-refractivity contribution in [3.05, 3.63) is 22.4 Å². The van der Waals surface area contributed by atoms with Gasteiger partial charge >= 0.3 is 0 Å². The molecule has 6 heteroatoms. The zero-order valence-corrected chi connectivity index (χ0v) is 12.6. The molecular weight excluding hydrogens is 337 g/mol. The third-order valence-electron chi connectivity index (χ3n) is 1.82. The fourth-order valence-corrected chi connectivity index (χ4v) is 1.81. The van der Waals surface area contributed by atoms with Crippen molar-refractivity contribution in [1.29, 1.82) is 0 Å². The highest BCUT2D eigenvalue weighted by atomic mass is 127. The summed E-state index contributed by atoms with van der Waals surface area (Å²) in [6.45, 7) is 3.24. The molecule has 0 bridgehead atoms. The molecule has 0 saturated carbocycles. The number of nitrogens with zero attached hydrogens (tertiary/aromatic N) is 1. The fraction of sp³-hybridized carbons (Fsp3) is 0.500. The minimum atomic E-state index is 0. The molecule has 0 saturated heterocycles. The fourth-order valence-electron chi connectivity index (χ4n) is 1.15. The second kappa shape index (κ2) is 8.77. The molecule has 0 fully saturated rings. The minimum absolute atomic E-state index is 0. The lowest BCUT2D eigenvalue weighted by molar-refractivity contribution is 0.179. The smallest absolute Gasteiger partial charge is 0.189 e. The number of hydrogen-bond acceptors (Lipinski definition) is 3. The van der Waals surface area contributed by atoms with Crippen LogP contribution in [0, 0.1) is 0 Å². The first-order chi connectivity index (χ1) is 7.22. The van der Waals surface area contributed by atoms with Gasteiger partial charge in [-0.3, -0.25) is 0 Å². The highest BCUT2D eigenvalue weighted by Crippen LogP contribution is 2.06. The van der Waals surface area contributed by atoms with E-state index in [1.807, 2.05) is 18.4 Å². The van der Waals surface area contributed by atoms with E-state index in [-0.39, 0.29) is 30.0 Å². The van der Waals surface area contributed by atoms with Crippen LogP contribution in [-0.2, 0) is 11.3 Å². The third kappa shape index (κ3) is 6.29. The Hall–Kier alpha value is -0.340. The summed E-state index contributed by atoms with van der Waals surface area (Å²) in [5, 5.41) is 7.14. The highest BCUT2D eigenvalue weighted by molar-refractivity contribution is 14.0. The molecule has 1 rings (SSSR count). The number of hydrogen-bond donors (Lipinski definition) is 2. The summed E-state index contributed by atoms with van der Waals surface area (Å²) in [5.74, 6) is 0.464. The Balaban J connectivity index is 0.00000225. The number of methoxy groups -OCH3 is 1. The first kappa shape index (κ1) is 15.7. The van der Waals surface area contributed by atoms with Crippen molar-refractivity contribution in [2.45, 2.75) is 19.5 Å². The Labute approximate surface area is 117 Å². The first-order valence-corrected chi connectivity index (χ1v) is 5.73. The van der Waals surface area contributed by atoms with Crippen LogP contribution in [0.1, 0.15) is 12.5 Å². The van der Waals surface area contributed by atoms with Gasteiger partial charge in [0, 0.05) is 13.2 Å². The van der Waals surface area contributed by atoms with Gasteiger partial charge in [0.25, 0.3) is 0 Å². The van der Waals surface area contributed by atoms with Crippen LogP contribution in [0.25, 0.3) is 0 Å². The molecule has 0 aliphatic heterocycles. The van der Waals surface area contributed by atoms with Gasteiger partial charge in [-0.1, -0.05) is 0 Å². The topological polar surface area (TPSA) is 59.6 Å². The molecule has 3 N–H and O–H groups in total. The Morgan fingerprint density at radius 3 is 3.00 bits per heavy atom. The number of halogens is 1. The van der Waals surface area contributed by atoms with Crippen LogP contribution in [0.3, 0.4) is 0 Å². The highest BCUT2D eigenvalue weighted by Gasteiger charge is 2.01. The van der Waals surface area contributed by atoms with Crippen LogP contribution >= 0.6 is 35.3 Å². The summed E-state index contributed by atoms with van der Waals surface area (Å²) in [6, 6.07) is 2.22. The third-order valence-corrected chi connectivity index (χ3v) is 2.56. The predicted molar refractivity (Wildman–Crippen MR) is 79.5 cm³/mol. The van der Waals surface area contributed by atoms with E-state index in [4.69, 9.17) is 10.5 Å². The normalized spacial score (nSPS) is 13.0. The summed E-state index contributed by atoms with van der Waals surface area (Å²) >= 11 is 1.66. The Morgan fingerprint density at radius 1 is 1.69 bits per heavy atom. The molecule has 92 valence electrons. The van der Waals surface area contributed by atoms with E-state index in [2.05, 4.69) is 15.7 Å². The molecule has 1 heterocycles. The van der Waals surface area contributed by atoms with Gasteiger partial charge in [-0.05, 0) is 29.3 Å². The van der Waals surface area contributed by atoms with Crippen LogP contribution in [0.4, 0.5) is 0 Å². The van der Waals surface area contributed by atoms with E-state index >= 15 is 0 Å². The molecule has 0 amide bonds. The van der Waals surface area contributed by atoms with E-state index in [0.29, 0.717) is 19.1 Å². The number of ether oxygens (including phenoxy) is 1. The van der Waals surface area contributed by atoms with Crippen LogP contribution in [-0.4, -0.2) is 25.7 Å². The Morgan fingerprint density at radius 2 is 2.44 bits per heavy atom. The number of thiophene rings is 1. The maximum absolute atomic E-state index is 5.71. The summed E-state index contributed by atoms with van der Waals surface area (Å²) in [6.07, 6.45) is 0. The van der Waals surface area contributed by atoms with Gasteiger partial charge in [-0.25, -0.2) is 4.99 Å². The molecule has 16 heavy (non-hydrogen) atoms. The standard InChI is InChI=1S/C10H17N3OS.HI/c1-8(6-14-2)13-10(11)12-5-9-3-4-15-7-9;/h3-4,7-8H,5-6H2,1-2H3,(H3,11,12,13);1H. The molecule has 0 spiro atoms. The molecular formula is C10H18IN3OS. The number of guanidine groups is 1. The number of aliphatic imine (C=N–C) groups is 1. The van der Waals surface area contributed by atoms with E-state index in [9.17, 15) is 0 Å². The summed E-state index contributed by atoms with van der Waals surface area (Å²) in [4.78, 5) is 4.22. The monoisotopic (exact) mass is 355 g/mol. The van der Waals surface area contributed by atoms with Gasteiger partial charge in [0.2, 0.25) is 0 Å². The maximum atomic E-state index is 5.71. The Kier molecular flexibility index (Phi) is 8.58. The van der Waals surface area contributed by atoms with E-state index in [0.717, 1.165) is 0 Å². The summed E-state index contributed by atoms with van der Waals surface area (Å²) in [5.41, 5.74) is 6.89. The molecule has 1 aromatic rings. The van der Waals surface area contributed by atoms with Crippen LogP contribution in [0.15, 0.2) is 21.8 Å². The molecule has 0 aromatic carbocycles. The molecule has 0 aliphatic rings. The maximum Gasteiger partial charge on any atom is 0.189 e. The number of nitrogens with two attached hydrogens (primary N) is 1. The zero-order chi connectivity index (χ0) is 11.1. The van der Waals surface area contributed by atoms with E-state index in [1.54, 1.807) is 18.4 Å². The van der Waals surface area contributed by atoms with Crippen molar-refractivity contribution < 1.29 is 4.74 Å². The summed E-state index contributed by atoms with van der Waals surface area (Å²) < 4.78 is 4.98. The van der Waals surface area contributed by atoms with Gasteiger partial charge < -0.3 is 15.8 Å². The predicted octanol–water partition coefficient (Wildman–Crippen LogP) is 1.81. The van der Waals surface area contributed by atoms with Gasteiger partial charge in [0.15, 0.2) is 5.96 Å². The molecule has 0 radical (unpaired) electrons. The lowest BCUT2D eigenvalue weighted by Crippen LogP contribution is -2.40.